The minimum absolute atomic E-state index is 0.0262. The van der Waals surface area contributed by atoms with E-state index in [-0.39, 0.29) is 17.7 Å². The summed E-state index contributed by atoms with van der Waals surface area (Å²) in [4.78, 5) is 39.4. The molecule has 3 heterocycles. The van der Waals surface area contributed by atoms with Gasteiger partial charge in [0.05, 0.1) is 6.54 Å². The van der Waals surface area contributed by atoms with Crippen molar-refractivity contribution in [3.63, 3.8) is 0 Å². The fraction of sp³-hybridized carbons (Fsp3) is 0.478. The third-order valence-corrected chi connectivity index (χ3v) is 6.20. The number of nitrogens with one attached hydrogen (secondary N) is 1. The Balaban J connectivity index is 1.30. The summed E-state index contributed by atoms with van der Waals surface area (Å²) in [7, 11) is 1.83. The van der Waals surface area contributed by atoms with Crippen LogP contribution in [0.5, 0.6) is 0 Å². The number of aryl methyl sites for hydroxylation is 1. The normalized spacial score (nSPS) is 17.7. The number of hydrogen-bond donors (Lipinski definition) is 1. The van der Waals surface area contributed by atoms with E-state index in [0.717, 1.165) is 49.7 Å². The zero-order chi connectivity index (χ0) is 21.8. The molecule has 1 aromatic carbocycles. The fourth-order valence-corrected chi connectivity index (χ4v) is 4.05. The van der Waals surface area contributed by atoms with Gasteiger partial charge in [-0.1, -0.05) is 29.8 Å². The van der Waals surface area contributed by atoms with Gasteiger partial charge >= 0.3 is 0 Å². The Morgan fingerprint density at radius 2 is 1.71 bits per heavy atom. The number of amides is 2. The van der Waals surface area contributed by atoms with Gasteiger partial charge < -0.3 is 20.0 Å². The van der Waals surface area contributed by atoms with Crippen molar-refractivity contribution in [2.45, 2.75) is 26.3 Å². The van der Waals surface area contributed by atoms with Gasteiger partial charge in [-0.25, -0.2) is 9.97 Å². The molecule has 4 rings (SSSR count). The highest BCUT2D eigenvalue weighted by molar-refractivity contribution is 5.82. The molecule has 0 bridgehead atoms. The molecule has 8 heteroatoms. The SMILES string of the molecule is Cc1ccc(CNC(=O)C2CCN(c3cc(N4CCN(C)C(=O)C4)ncn3)CC2)cc1. The summed E-state index contributed by atoms with van der Waals surface area (Å²) < 4.78 is 0. The van der Waals surface area contributed by atoms with E-state index in [2.05, 4.69) is 51.4 Å². The van der Waals surface area contributed by atoms with Crippen molar-refractivity contribution in [1.29, 1.82) is 0 Å². The molecule has 31 heavy (non-hydrogen) atoms. The van der Waals surface area contributed by atoms with Crippen LogP contribution in [0, 0.1) is 12.8 Å². The lowest BCUT2D eigenvalue weighted by atomic mass is 9.96. The van der Waals surface area contributed by atoms with Gasteiger partial charge in [0, 0.05) is 51.8 Å². The average Bonchev–Trinajstić information content (AvgIpc) is 2.80. The molecule has 1 N–H and O–H groups in total. The van der Waals surface area contributed by atoms with Crippen LogP contribution in [0.4, 0.5) is 11.6 Å². The highest BCUT2D eigenvalue weighted by atomic mass is 16.2. The van der Waals surface area contributed by atoms with Gasteiger partial charge in [-0.2, -0.15) is 0 Å². The first kappa shape index (κ1) is 21.1. The quantitative estimate of drug-likeness (QED) is 0.788. The minimum Gasteiger partial charge on any atom is -0.356 e. The van der Waals surface area contributed by atoms with Crippen LogP contribution in [-0.2, 0) is 16.1 Å². The number of carbonyl (C=O) groups is 2. The molecular formula is C23H30N6O2. The lowest BCUT2D eigenvalue weighted by molar-refractivity contribution is -0.129. The number of piperidine rings is 1. The fourth-order valence-electron chi connectivity index (χ4n) is 4.05. The van der Waals surface area contributed by atoms with Crippen LogP contribution in [0.25, 0.3) is 0 Å². The van der Waals surface area contributed by atoms with Gasteiger partial charge in [-0.05, 0) is 25.3 Å². The third kappa shape index (κ3) is 5.13. The Bertz CT molecular complexity index is 924. The molecule has 8 nitrogen and oxygen atoms in total. The van der Waals surface area contributed by atoms with E-state index < -0.39 is 0 Å². The van der Waals surface area contributed by atoms with Crippen molar-refractivity contribution in [2.75, 3.05) is 49.6 Å². The predicted molar refractivity (Wildman–Crippen MR) is 120 cm³/mol. The Labute approximate surface area is 183 Å². The molecule has 2 aliphatic rings. The lowest BCUT2D eigenvalue weighted by Crippen LogP contribution is -2.49. The first-order chi connectivity index (χ1) is 15.0. The lowest BCUT2D eigenvalue weighted by Gasteiger charge is -2.34. The molecule has 0 saturated carbocycles. The topological polar surface area (TPSA) is 81.7 Å². The van der Waals surface area contributed by atoms with Gasteiger partial charge in [0.1, 0.15) is 18.0 Å². The van der Waals surface area contributed by atoms with Crippen LogP contribution >= 0.6 is 0 Å². The zero-order valence-corrected chi connectivity index (χ0v) is 18.3. The van der Waals surface area contributed by atoms with Crippen molar-refractivity contribution < 1.29 is 9.59 Å². The van der Waals surface area contributed by atoms with Gasteiger partial charge in [-0.15, -0.1) is 0 Å². The Morgan fingerprint density at radius 1 is 1.03 bits per heavy atom. The third-order valence-electron chi connectivity index (χ3n) is 6.20. The number of rotatable bonds is 5. The van der Waals surface area contributed by atoms with E-state index in [4.69, 9.17) is 0 Å². The van der Waals surface area contributed by atoms with E-state index >= 15 is 0 Å². The second-order valence-corrected chi connectivity index (χ2v) is 8.44. The van der Waals surface area contributed by atoms with Crippen molar-refractivity contribution in [2.24, 2.45) is 5.92 Å². The Kier molecular flexibility index (Phi) is 6.34. The first-order valence-corrected chi connectivity index (χ1v) is 10.9. The van der Waals surface area contributed by atoms with Crippen molar-refractivity contribution >= 4 is 23.5 Å². The molecule has 0 radical (unpaired) electrons. The number of likely N-dealkylation sites (N-methyl/N-ethyl adjacent to an activating group) is 1. The summed E-state index contributed by atoms with van der Waals surface area (Å²) >= 11 is 0. The van der Waals surface area contributed by atoms with Crippen LogP contribution in [0.3, 0.4) is 0 Å². The number of aromatic nitrogens is 2. The highest BCUT2D eigenvalue weighted by Gasteiger charge is 2.27. The minimum atomic E-state index is 0.0262. The summed E-state index contributed by atoms with van der Waals surface area (Å²) in [5.41, 5.74) is 2.34. The molecule has 2 aliphatic heterocycles. The maximum Gasteiger partial charge on any atom is 0.241 e. The Hall–Kier alpha value is -3.16. The van der Waals surface area contributed by atoms with Crippen molar-refractivity contribution in [1.82, 2.24) is 20.2 Å². The van der Waals surface area contributed by atoms with Crippen LogP contribution in [0.15, 0.2) is 36.7 Å². The first-order valence-electron chi connectivity index (χ1n) is 10.9. The molecule has 2 amide bonds. The molecule has 0 spiro atoms. The van der Waals surface area contributed by atoms with E-state index in [1.54, 1.807) is 11.2 Å². The summed E-state index contributed by atoms with van der Waals surface area (Å²) in [5.74, 6) is 1.89. The molecule has 0 unspecified atom stereocenters. The molecular weight excluding hydrogens is 392 g/mol. The number of anilines is 2. The number of piperazine rings is 1. The average molecular weight is 423 g/mol. The molecule has 164 valence electrons. The second-order valence-electron chi connectivity index (χ2n) is 8.44. The largest absolute Gasteiger partial charge is 0.356 e. The van der Waals surface area contributed by atoms with Crippen LogP contribution in [-0.4, -0.2) is 66.5 Å². The monoisotopic (exact) mass is 422 g/mol. The standard InChI is InChI=1S/C23H30N6O2/c1-17-3-5-18(6-4-17)14-24-23(31)19-7-9-28(10-8-19)20-13-21(26-16-25-20)29-12-11-27(2)22(30)15-29/h3-6,13,16,19H,7-12,14-15H2,1-2H3,(H,24,31). The molecule has 1 aromatic heterocycles. The van der Waals surface area contributed by atoms with Gasteiger partial charge in [0.15, 0.2) is 0 Å². The molecule has 0 atom stereocenters. The van der Waals surface area contributed by atoms with E-state index in [1.165, 1.54) is 5.56 Å². The van der Waals surface area contributed by atoms with Crippen LogP contribution in [0.2, 0.25) is 0 Å². The summed E-state index contributed by atoms with van der Waals surface area (Å²) in [6.45, 7) is 5.99. The number of nitrogens with zero attached hydrogens (tertiary/aromatic N) is 5. The highest BCUT2D eigenvalue weighted by Crippen LogP contribution is 2.24. The van der Waals surface area contributed by atoms with Gasteiger partial charge in [-0.3, -0.25) is 9.59 Å². The molecule has 2 aromatic rings. The Morgan fingerprint density at radius 3 is 2.39 bits per heavy atom. The summed E-state index contributed by atoms with van der Waals surface area (Å²) in [6, 6.07) is 10.2. The molecule has 0 aliphatic carbocycles. The number of carbonyl (C=O) groups excluding carboxylic acids is 2. The summed E-state index contributed by atoms with van der Waals surface area (Å²) in [5, 5.41) is 3.08. The van der Waals surface area contributed by atoms with E-state index in [9.17, 15) is 9.59 Å². The van der Waals surface area contributed by atoms with Crippen molar-refractivity contribution in [3.05, 3.63) is 47.8 Å². The predicted octanol–water partition coefficient (Wildman–Crippen LogP) is 1.60. The maximum atomic E-state index is 12.6. The zero-order valence-electron chi connectivity index (χ0n) is 18.3. The number of benzene rings is 1. The van der Waals surface area contributed by atoms with E-state index in [1.807, 2.05) is 18.0 Å². The van der Waals surface area contributed by atoms with Gasteiger partial charge in [0.2, 0.25) is 11.8 Å². The van der Waals surface area contributed by atoms with E-state index in [0.29, 0.717) is 19.6 Å². The molecule has 2 fully saturated rings. The van der Waals surface area contributed by atoms with Crippen LogP contribution in [0.1, 0.15) is 24.0 Å². The van der Waals surface area contributed by atoms with Crippen LogP contribution < -0.4 is 15.1 Å². The maximum absolute atomic E-state index is 12.6. The second kappa shape index (κ2) is 9.32. The molecule has 2 saturated heterocycles. The number of hydrogen-bond acceptors (Lipinski definition) is 6. The van der Waals surface area contributed by atoms with Crippen molar-refractivity contribution in [3.8, 4) is 0 Å². The van der Waals surface area contributed by atoms with Gasteiger partial charge in [0.25, 0.3) is 0 Å². The smallest absolute Gasteiger partial charge is 0.241 e. The summed E-state index contributed by atoms with van der Waals surface area (Å²) in [6.07, 6.45) is 3.16.